The normalized spacial score (nSPS) is 19.0. The zero-order valence-corrected chi connectivity index (χ0v) is 17.3. The zero-order chi connectivity index (χ0) is 21.3. The Morgan fingerprint density at radius 1 is 1.27 bits per heavy atom. The minimum atomic E-state index is -0.409. The van der Waals surface area contributed by atoms with Crippen molar-refractivity contribution in [3.05, 3.63) is 58.9 Å². The van der Waals surface area contributed by atoms with Gasteiger partial charge >= 0.3 is 0 Å². The van der Waals surface area contributed by atoms with Crippen molar-refractivity contribution in [3.8, 4) is 11.5 Å². The molecule has 2 heterocycles. The van der Waals surface area contributed by atoms with Crippen LogP contribution in [0, 0.1) is 5.82 Å². The number of benzene rings is 2. The van der Waals surface area contributed by atoms with E-state index in [1.807, 2.05) is 26.0 Å². The highest BCUT2D eigenvalue weighted by molar-refractivity contribution is 5.98. The van der Waals surface area contributed by atoms with Crippen LogP contribution in [0.4, 0.5) is 4.39 Å². The third-order valence-corrected chi connectivity index (χ3v) is 5.63. The van der Waals surface area contributed by atoms with Crippen LogP contribution in [0.25, 0.3) is 0 Å². The number of hydrogen-bond donors (Lipinski definition) is 2. The highest BCUT2D eigenvalue weighted by atomic mass is 19.1. The molecular formula is C23H27FN2O4. The molecule has 1 atom stereocenters. The van der Waals surface area contributed by atoms with Crippen molar-refractivity contribution in [1.29, 1.82) is 0 Å². The van der Waals surface area contributed by atoms with E-state index in [2.05, 4.69) is 10.2 Å². The van der Waals surface area contributed by atoms with Gasteiger partial charge in [-0.05, 0) is 37.6 Å². The smallest absolute Gasteiger partial charge is 0.255 e. The van der Waals surface area contributed by atoms with Crippen LogP contribution in [0.1, 0.15) is 41.4 Å². The molecule has 0 bridgehead atoms. The molecule has 1 amide bonds. The molecule has 2 aliphatic heterocycles. The number of halogens is 1. The molecule has 1 fully saturated rings. The van der Waals surface area contributed by atoms with Crippen molar-refractivity contribution in [2.45, 2.75) is 31.9 Å². The second kappa shape index (κ2) is 8.24. The van der Waals surface area contributed by atoms with Gasteiger partial charge in [0.1, 0.15) is 11.4 Å². The number of morpholine rings is 1. The molecule has 30 heavy (non-hydrogen) atoms. The maximum Gasteiger partial charge on any atom is 0.255 e. The van der Waals surface area contributed by atoms with Crippen LogP contribution < -0.4 is 10.1 Å². The molecule has 160 valence electrons. The lowest BCUT2D eigenvalue weighted by Crippen LogP contribution is -2.43. The number of aromatic hydroxyl groups is 1. The molecule has 0 aromatic heterocycles. The van der Waals surface area contributed by atoms with Gasteiger partial charge in [-0.25, -0.2) is 4.39 Å². The van der Waals surface area contributed by atoms with Crippen LogP contribution in [0.2, 0.25) is 0 Å². The topological polar surface area (TPSA) is 71.0 Å². The fourth-order valence-electron chi connectivity index (χ4n) is 4.17. The minimum absolute atomic E-state index is 0.135. The Labute approximate surface area is 175 Å². The highest BCUT2D eigenvalue weighted by Gasteiger charge is 2.34. The third-order valence-electron chi connectivity index (χ3n) is 5.63. The van der Waals surface area contributed by atoms with E-state index in [4.69, 9.17) is 9.47 Å². The summed E-state index contributed by atoms with van der Waals surface area (Å²) in [6.45, 7) is 6.76. The first kappa shape index (κ1) is 20.6. The van der Waals surface area contributed by atoms with E-state index in [9.17, 15) is 14.3 Å². The number of rotatable bonds is 5. The Kier molecular flexibility index (Phi) is 5.66. The lowest BCUT2D eigenvalue weighted by atomic mass is 10.00. The second-order valence-electron chi connectivity index (χ2n) is 8.42. The van der Waals surface area contributed by atoms with E-state index in [0.29, 0.717) is 38.5 Å². The Hall–Kier alpha value is -2.64. The van der Waals surface area contributed by atoms with Crippen molar-refractivity contribution in [1.82, 2.24) is 10.2 Å². The summed E-state index contributed by atoms with van der Waals surface area (Å²) in [5.74, 6) is -0.460. The maximum atomic E-state index is 13.8. The van der Waals surface area contributed by atoms with E-state index in [-0.39, 0.29) is 29.7 Å². The zero-order valence-electron chi connectivity index (χ0n) is 17.3. The third kappa shape index (κ3) is 4.27. The Morgan fingerprint density at radius 2 is 2.03 bits per heavy atom. The molecule has 0 radical (unpaired) electrons. The molecule has 2 aromatic carbocycles. The molecule has 0 saturated carbocycles. The van der Waals surface area contributed by atoms with Crippen LogP contribution in [-0.4, -0.2) is 54.4 Å². The van der Waals surface area contributed by atoms with Gasteiger partial charge in [-0.15, -0.1) is 0 Å². The van der Waals surface area contributed by atoms with E-state index >= 15 is 0 Å². The molecule has 2 aliphatic rings. The van der Waals surface area contributed by atoms with Crippen molar-refractivity contribution in [2.24, 2.45) is 0 Å². The van der Waals surface area contributed by atoms with E-state index in [0.717, 1.165) is 11.1 Å². The molecule has 1 saturated heterocycles. The monoisotopic (exact) mass is 414 g/mol. The van der Waals surface area contributed by atoms with Gasteiger partial charge in [0.2, 0.25) is 0 Å². The highest BCUT2D eigenvalue weighted by Crippen LogP contribution is 2.43. The van der Waals surface area contributed by atoms with Gasteiger partial charge in [-0.1, -0.05) is 18.2 Å². The van der Waals surface area contributed by atoms with Crippen LogP contribution in [0.3, 0.4) is 0 Å². The van der Waals surface area contributed by atoms with Gasteiger partial charge in [0.15, 0.2) is 11.5 Å². The first-order chi connectivity index (χ1) is 14.3. The van der Waals surface area contributed by atoms with Crippen LogP contribution in [0.5, 0.6) is 11.5 Å². The Bertz CT molecular complexity index is 941. The quantitative estimate of drug-likeness (QED) is 0.787. The summed E-state index contributed by atoms with van der Waals surface area (Å²) in [4.78, 5) is 15.0. The molecule has 0 spiro atoms. The number of carbonyl (C=O) groups is 1. The SMILES string of the molecule is CC1(C)Cc2ccc(C(=O)NCC(c3cccc(F)c3)N3CCOCC3)c(O)c2O1. The molecule has 4 rings (SSSR count). The Balaban J connectivity index is 1.52. The van der Waals surface area contributed by atoms with E-state index in [1.54, 1.807) is 12.1 Å². The molecule has 1 unspecified atom stereocenters. The fourth-order valence-corrected chi connectivity index (χ4v) is 4.17. The first-order valence-electron chi connectivity index (χ1n) is 10.2. The summed E-state index contributed by atoms with van der Waals surface area (Å²) >= 11 is 0. The summed E-state index contributed by atoms with van der Waals surface area (Å²) in [5, 5.41) is 13.5. The average molecular weight is 414 g/mol. The number of phenols is 1. The van der Waals surface area contributed by atoms with E-state index < -0.39 is 11.5 Å². The standard InChI is InChI=1S/C23H27FN2O4/c1-23(2)13-16-6-7-18(20(27)21(16)30-23)22(28)25-14-19(26-8-10-29-11-9-26)15-4-3-5-17(24)12-15/h3-7,12,19,27H,8-11,13-14H2,1-2H3,(H,25,28). The van der Waals surface area contributed by atoms with Crippen molar-refractivity contribution in [3.63, 3.8) is 0 Å². The van der Waals surface area contributed by atoms with Gasteiger partial charge < -0.3 is 19.9 Å². The van der Waals surface area contributed by atoms with Gasteiger partial charge in [-0.3, -0.25) is 9.69 Å². The number of nitrogens with one attached hydrogen (secondary N) is 1. The number of carbonyl (C=O) groups excluding carboxylic acids is 1. The summed E-state index contributed by atoms with van der Waals surface area (Å²) in [5.41, 5.74) is 1.44. The van der Waals surface area contributed by atoms with Gasteiger partial charge in [-0.2, -0.15) is 0 Å². The largest absolute Gasteiger partial charge is 0.504 e. The minimum Gasteiger partial charge on any atom is -0.504 e. The van der Waals surface area contributed by atoms with Gasteiger partial charge in [0.25, 0.3) is 5.91 Å². The Morgan fingerprint density at radius 3 is 2.77 bits per heavy atom. The maximum absolute atomic E-state index is 13.8. The van der Waals surface area contributed by atoms with Crippen molar-refractivity contribution >= 4 is 5.91 Å². The average Bonchev–Trinajstić information content (AvgIpc) is 3.04. The number of nitrogens with zero attached hydrogens (tertiary/aromatic N) is 1. The predicted molar refractivity (Wildman–Crippen MR) is 110 cm³/mol. The lowest BCUT2D eigenvalue weighted by Gasteiger charge is -2.35. The fraction of sp³-hybridized carbons (Fsp3) is 0.435. The molecule has 6 nitrogen and oxygen atoms in total. The van der Waals surface area contributed by atoms with Crippen LogP contribution in [-0.2, 0) is 11.2 Å². The summed E-state index contributed by atoms with van der Waals surface area (Å²) in [7, 11) is 0. The summed E-state index contributed by atoms with van der Waals surface area (Å²) in [6.07, 6.45) is 0.677. The molecule has 2 N–H and O–H groups in total. The number of amides is 1. The molecule has 2 aromatic rings. The number of ether oxygens (including phenoxy) is 2. The van der Waals surface area contributed by atoms with E-state index in [1.165, 1.54) is 12.1 Å². The van der Waals surface area contributed by atoms with Crippen molar-refractivity contribution < 1.29 is 23.8 Å². The van der Waals surface area contributed by atoms with Gasteiger partial charge in [0.05, 0.1) is 24.8 Å². The lowest BCUT2D eigenvalue weighted by molar-refractivity contribution is 0.0161. The predicted octanol–water partition coefficient (Wildman–Crippen LogP) is 3.05. The first-order valence-corrected chi connectivity index (χ1v) is 10.2. The van der Waals surface area contributed by atoms with Crippen LogP contribution in [0.15, 0.2) is 36.4 Å². The summed E-state index contributed by atoms with van der Waals surface area (Å²) in [6, 6.07) is 9.69. The number of fused-ring (bicyclic) bond motifs is 1. The van der Waals surface area contributed by atoms with Crippen LogP contribution >= 0.6 is 0 Å². The van der Waals surface area contributed by atoms with Gasteiger partial charge in [0, 0.05) is 31.6 Å². The molecular weight excluding hydrogens is 387 g/mol. The number of phenolic OH excluding ortho intramolecular Hbond substituents is 1. The van der Waals surface area contributed by atoms with Crippen molar-refractivity contribution in [2.75, 3.05) is 32.8 Å². The second-order valence-corrected chi connectivity index (χ2v) is 8.42. The molecule has 0 aliphatic carbocycles. The molecule has 7 heteroatoms. The number of hydrogen-bond acceptors (Lipinski definition) is 5. The summed E-state index contributed by atoms with van der Waals surface area (Å²) < 4.78 is 25.1.